The predicted molar refractivity (Wildman–Crippen MR) is 101 cm³/mol. The summed E-state index contributed by atoms with van der Waals surface area (Å²) in [5.41, 5.74) is 1.51. The van der Waals surface area contributed by atoms with Gasteiger partial charge in [-0.15, -0.1) is 0 Å². The molecule has 0 fully saturated rings. The van der Waals surface area contributed by atoms with E-state index in [1.165, 1.54) is 7.11 Å². The number of carbonyl (C=O) groups is 3. The first-order valence-electron chi connectivity index (χ1n) is 8.57. The second-order valence-corrected chi connectivity index (χ2v) is 5.93. The highest BCUT2D eigenvalue weighted by Gasteiger charge is 2.21. The SMILES string of the molecule is COc1cccc(C[C@@H](NC(=O)CNC(=O)OCc2ccccc2)C(=O)O)c1. The Balaban J connectivity index is 1.79. The Morgan fingerprint density at radius 2 is 1.75 bits per heavy atom. The van der Waals surface area contributed by atoms with Gasteiger partial charge in [0.25, 0.3) is 0 Å². The second-order valence-electron chi connectivity index (χ2n) is 5.93. The van der Waals surface area contributed by atoms with Gasteiger partial charge in [-0.25, -0.2) is 9.59 Å². The van der Waals surface area contributed by atoms with E-state index in [0.29, 0.717) is 11.3 Å². The maximum absolute atomic E-state index is 12.0. The first kappa shape index (κ1) is 20.8. The van der Waals surface area contributed by atoms with Crippen LogP contribution in [0.25, 0.3) is 0 Å². The lowest BCUT2D eigenvalue weighted by molar-refractivity contribution is -0.141. The topological polar surface area (TPSA) is 114 Å². The van der Waals surface area contributed by atoms with E-state index in [1.807, 2.05) is 18.2 Å². The number of benzene rings is 2. The van der Waals surface area contributed by atoms with Crippen LogP contribution in [0.15, 0.2) is 54.6 Å². The first-order valence-corrected chi connectivity index (χ1v) is 8.57. The highest BCUT2D eigenvalue weighted by molar-refractivity contribution is 5.86. The van der Waals surface area contributed by atoms with Crippen molar-refractivity contribution < 1.29 is 29.0 Å². The molecular formula is C20H22N2O6. The van der Waals surface area contributed by atoms with Crippen molar-refractivity contribution >= 4 is 18.0 Å². The summed E-state index contributed by atoms with van der Waals surface area (Å²) in [6.07, 6.45) is -0.685. The maximum atomic E-state index is 12.0. The minimum atomic E-state index is -1.18. The lowest BCUT2D eigenvalue weighted by Crippen LogP contribution is -2.46. The van der Waals surface area contributed by atoms with E-state index in [4.69, 9.17) is 9.47 Å². The van der Waals surface area contributed by atoms with Crippen molar-refractivity contribution in [2.24, 2.45) is 0 Å². The zero-order valence-corrected chi connectivity index (χ0v) is 15.4. The average molecular weight is 386 g/mol. The molecule has 0 aliphatic rings. The van der Waals surface area contributed by atoms with E-state index in [-0.39, 0.29) is 13.0 Å². The van der Waals surface area contributed by atoms with Crippen LogP contribution in [0.5, 0.6) is 5.75 Å². The predicted octanol–water partition coefficient (Wildman–Crippen LogP) is 1.73. The highest BCUT2D eigenvalue weighted by atomic mass is 16.5. The molecule has 0 unspecified atom stereocenters. The van der Waals surface area contributed by atoms with Crippen LogP contribution in [0.4, 0.5) is 4.79 Å². The molecule has 0 saturated heterocycles. The van der Waals surface area contributed by atoms with Gasteiger partial charge in [0.2, 0.25) is 5.91 Å². The van der Waals surface area contributed by atoms with Crippen LogP contribution >= 0.6 is 0 Å². The Labute approximate surface area is 162 Å². The van der Waals surface area contributed by atoms with Crippen molar-refractivity contribution in [2.75, 3.05) is 13.7 Å². The van der Waals surface area contributed by atoms with Crippen molar-refractivity contribution in [2.45, 2.75) is 19.1 Å². The summed E-state index contributed by atoms with van der Waals surface area (Å²) in [5.74, 6) is -1.22. The summed E-state index contributed by atoms with van der Waals surface area (Å²) in [7, 11) is 1.51. The number of hydrogen-bond acceptors (Lipinski definition) is 5. The summed E-state index contributed by atoms with van der Waals surface area (Å²) >= 11 is 0. The molecule has 2 rings (SSSR count). The Morgan fingerprint density at radius 1 is 1.04 bits per heavy atom. The van der Waals surface area contributed by atoms with Gasteiger partial charge in [-0.3, -0.25) is 4.79 Å². The molecule has 0 spiro atoms. The third-order valence-corrected chi connectivity index (χ3v) is 3.81. The van der Waals surface area contributed by atoms with Crippen LogP contribution in [0.3, 0.4) is 0 Å². The molecule has 28 heavy (non-hydrogen) atoms. The first-order chi connectivity index (χ1) is 13.5. The molecule has 8 heteroatoms. The monoisotopic (exact) mass is 386 g/mol. The van der Waals surface area contributed by atoms with E-state index < -0.39 is 30.6 Å². The van der Waals surface area contributed by atoms with Crippen molar-refractivity contribution in [1.82, 2.24) is 10.6 Å². The van der Waals surface area contributed by atoms with Crippen molar-refractivity contribution in [1.29, 1.82) is 0 Å². The number of nitrogens with one attached hydrogen (secondary N) is 2. The Morgan fingerprint density at radius 3 is 2.43 bits per heavy atom. The molecule has 0 saturated carbocycles. The molecule has 0 aromatic heterocycles. The molecule has 8 nitrogen and oxygen atoms in total. The Kier molecular flexibility index (Phi) is 7.83. The maximum Gasteiger partial charge on any atom is 0.407 e. The number of amides is 2. The van der Waals surface area contributed by atoms with Gasteiger partial charge in [0.1, 0.15) is 24.9 Å². The number of rotatable bonds is 9. The third-order valence-electron chi connectivity index (χ3n) is 3.81. The Bertz CT molecular complexity index is 809. The molecule has 0 aliphatic carbocycles. The van der Waals surface area contributed by atoms with Crippen LogP contribution in [0.2, 0.25) is 0 Å². The number of alkyl carbamates (subject to hydrolysis) is 1. The summed E-state index contributed by atoms with van der Waals surface area (Å²) in [6, 6.07) is 14.9. The second kappa shape index (κ2) is 10.6. The number of carbonyl (C=O) groups excluding carboxylic acids is 2. The minimum Gasteiger partial charge on any atom is -0.497 e. The van der Waals surface area contributed by atoms with Crippen LogP contribution in [0, 0.1) is 0 Å². The highest BCUT2D eigenvalue weighted by Crippen LogP contribution is 2.14. The third kappa shape index (κ3) is 6.99. The van der Waals surface area contributed by atoms with Crippen LogP contribution in [0.1, 0.15) is 11.1 Å². The van der Waals surface area contributed by atoms with Gasteiger partial charge < -0.3 is 25.2 Å². The fraction of sp³-hybridized carbons (Fsp3) is 0.250. The van der Waals surface area contributed by atoms with Crippen molar-refractivity contribution in [3.8, 4) is 5.75 Å². The van der Waals surface area contributed by atoms with E-state index >= 15 is 0 Å². The van der Waals surface area contributed by atoms with Crippen LogP contribution in [-0.2, 0) is 27.4 Å². The fourth-order valence-electron chi connectivity index (χ4n) is 2.41. The molecule has 0 bridgehead atoms. The molecule has 3 N–H and O–H groups in total. The van der Waals surface area contributed by atoms with E-state index in [0.717, 1.165) is 5.56 Å². The average Bonchev–Trinajstić information content (AvgIpc) is 2.71. The molecule has 0 heterocycles. The zero-order valence-electron chi connectivity index (χ0n) is 15.4. The van der Waals surface area contributed by atoms with Gasteiger partial charge in [-0.2, -0.15) is 0 Å². The van der Waals surface area contributed by atoms with Gasteiger partial charge in [-0.05, 0) is 23.3 Å². The van der Waals surface area contributed by atoms with E-state index in [1.54, 1.807) is 36.4 Å². The normalized spacial score (nSPS) is 11.2. The lowest BCUT2D eigenvalue weighted by Gasteiger charge is -2.15. The number of carboxylic acids is 1. The molecule has 148 valence electrons. The van der Waals surface area contributed by atoms with Gasteiger partial charge in [0, 0.05) is 6.42 Å². The largest absolute Gasteiger partial charge is 0.497 e. The number of aliphatic carboxylic acids is 1. The van der Waals surface area contributed by atoms with Gasteiger partial charge in [-0.1, -0.05) is 42.5 Å². The minimum absolute atomic E-state index is 0.0713. The number of carboxylic acid groups (broad SMARTS) is 1. The smallest absolute Gasteiger partial charge is 0.407 e. The number of ether oxygens (including phenoxy) is 2. The zero-order chi connectivity index (χ0) is 20.4. The standard InChI is InChI=1S/C20H22N2O6/c1-27-16-9-5-8-15(10-16)11-17(19(24)25)22-18(23)12-21-20(26)28-13-14-6-3-2-4-7-14/h2-10,17H,11-13H2,1H3,(H,21,26)(H,22,23)(H,24,25)/t17-/m1/s1. The fourth-order valence-corrected chi connectivity index (χ4v) is 2.41. The van der Waals surface area contributed by atoms with E-state index in [2.05, 4.69) is 10.6 Å². The van der Waals surface area contributed by atoms with Crippen molar-refractivity contribution in [3.63, 3.8) is 0 Å². The molecule has 2 aromatic carbocycles. The van der Waals surface area contributed by atoms with Gasteiger partial charge >= 0.3 is 12.1 Å². The summed E-state index contributed by atoms with van der Waals surface area (Å²) in [6.45, 7) is -0.322. The molecule has 0 aliphatic heterocycles. The summed E-state index contributed by atoms with van der Waals surface area (Å²) in [5, 5.41) is 14.0. The van der Waals surface area contributed by atoms with Gasteiger partial charge in [0.15, 0.2) is 0 Å². The molecular weight excluding hydrogens is 364 g/mol. The quantitative estimate of drug-likeness (QED) is 0.605. The van der Waals surface area contributed by atoms with Crippen LogP contribution < -0.4 is 15.4 Å². The van der Waals surface area contributed by atoms with Crippen LogP contribution in [-0.4, -0.2) is 42.8 Å². The lowest BCUT2D eigenvalue weighted by atomic mass is 10.1. The molecule has 2 aromatic rings. The van der Waals surface area contributed by atoms with Crippen molar-refractivity contribution in [3.05, 3.63) is 65.7 Å². The molecule has 1 atom stereocenters. The van der Waals surface area contributed by atoms with E-state index in [9.17, 15) is 19.5 Å². The number of hydrogen-bond donors (Lipinski definition) is 3. The Hall–Kier alpha value is -3.55. The van der Waals surface area contributed by atoms with Gasteiger partial charge in [0.05, 0.1) is 7.11 Å². The molecule has 2 amide bonds. The summed E-state index contributed by atoms with van der Waals surface area (Å²) < 4.78 is 10.1. The number of methoxy groups -OCH3 is 1. The molecule has 0 radical (unpaired) electrons. The summed E-state index contributed by atoms with van der Waals surface area (Å²) in [4.78, 5) is 35.1.